The van der Waals surface area contributed by atoms with Crippen LogP contribution in [0.2, 0.25) is 0 Å². The molecule has 4 nitrogen and oxygen atoms in total. The molecule has 4 heteroatoms. The van der Waals surface area contributed by atoms with E-state index in [9.17, 15) is 4.79 Å². The topological polar surface area (TPSA) is 62.0 Å². The molecule has 1 atom stereocenters. The van der Waals surface area contributed by atoms with Gasteiger partial charge in [0.05, 0.1) is 0 Å². The SMILES string of the molecule is O=CC1(CCO)C=CN=N1. The lowest BCUT2D eigenvalue weighted by atomic mass is 10.00. The Morgan fingerprint density at radius 3 is 2.90 bits per heavy atom. The molecular weight excluding hydrogens is 132 g/mol. The van der Waals surface area contributed by atoms with Crippen LogP contribution in [0.15, 0.2) is 22.5 Å². The highest BCUT2D eigenvalue weighted by Gasteiger charge is 2.27. The average Bonchev–Trinajstić information content (AvgIpc) is 2.39. The van der Waals surface area contributed by atoms with Crippen LogP contribution in [0.3, 0.4) is 0 Å². The van der Waals surface area contributed by atoms with Gasteiger partial charge in [-0.1, -0.05) is 0 Å². The third-order valence-corrected chi connectivity index (χ3v) is 1.39. The predicted molar refractivity (Wildman–Crippen MR) is 34.5 cm³/mol. The van der Waals surface area contributed by atoms with Crippen molar-refractivity contribution >= 4 is 6.29 Å². The lowest BCUT2D eigenvalue weighted by molar-refractivity contribution is -0.111. The number of azo groups is 1. The van der Waals surface area contributed by atoms with Crippen LogP contribution in [0.5, 0.6) is 0 Å². The fraction of sp³-hybridized carbons (Fsp3) is 0.500. The van der Waals surface area contributed by atoms with Gasteiger partial charge in [0.15, 0.2) is 11.8 Å². The molecule has 0 aliphatic carbocycles. The second-order valence-corrected chi connectivity index (χ2v) is 2.11. The maximum atomic E-state index is 10.4. The highest BCUT2D eigenvalue weighted by Crippen LogP contribution is 2.20. The summed E-state index contributed by atoms with van der Waals surface area (Å²) in [6.45, 7) is -0.0535. The molecule has 1 rings (SSSR count). The van der Waals surface area contributed by atoms with Crippen molar-refractivity contribution in [1.82, 2.24) is 0 Å². The van der Waals surface area contributed by atoms with E-state index in [1.165, 1.54) is 6.20 Å². The number of carbonyl (C=O) groups excluding carboxylic acids is 1. The maximum absolute atomic E-state index is 10.4. The van der Waals surface area contributed by atoms with Gasteiger partial charge in [0.2, 0.25) is 0 Å². The molecule has 0 saturated heterocycles. The first-order valence-electron chi connectivity index (χ1n) is 3.00. The Labute approximate surface area is 58.3 Å². The molecule has 0 fully saturated rings. The summed E-state index contributed by atoms with van der Waals surface area (Å²) in [5.74, 6) is 0. The molecule has 1 heterocycles. The number of hydrogen-bond acceptors (Lipinski definition) is 4. The minimum Gasteiger partial charge on any atom is -0.396 e. The number of rotatable bonds is 3. The number of carbonyl (C=O) groups is 1. The lowest BCUT2D eigenvalue weighted by Crippen LogP contribution is -2.24. The zero-order valence-electron chi connectivity index (χ0n) is 5.40. The van der Waals surface area contributed by atoms with E-state index in [0.29, 0.717) is 12.7 Å². The summed E-state index contributed by atoms with van der Waals surface area (Å²) in [7, 11) is 0. The van der Waals surface area contributed by atoms with Crippen molar-refractivity contribution in [2.24, 2.45) is 10.2 Å². The molecule has 1 N–H and O–H groups in total. The maximum Gasteiger partial charge on any atom is 0.159 e. The molecule has 0 saturated carbocycles. The zero-order valence-corrected chi connectivity index (χ0v) is 5.40. The van der Waals surface area contributed by atoms with Crippen LogP contribution in [0.4, 0.5) is 0 Å². The summed E-state index contributed by atoms with van der Waals surface area (Å²) in [5.41, 5.74) is -0.866. The number of hydrogen-bond donors (Lipinski definition) is 1. The smallest absolute Gasteiger partial charge is 0.159 e. The van der Waals surface area contributed by atoms with Crippen LogP contribution < -0.4 is 0 Å². The van der Waals surface area contributed by atoms with E-state index in [2.05, 4.69) is 10.2 Å². The third-order valence-electron chi connectivity index (χ3n) is 1.39. The van der Waals surface area contributed by atoms with Crippen LogP contribution in [0.25, 0.3) is 0 Å². The zero-order chi connectivity index (χ0) is 7.45. The van der Waals surface area contributed by atoms with Crippen LogP contribution in [-0.2, 0) is 4.79 Å². The van der Waals surface area contributed by atoms with Crippen molar-refractivity contribution in [2.45, 2.75) is 12.0 Å². The Bertz CT molecular complexity index is 174. The molecule has 10 heavy (non-hydrogen) atoms. The first-order chi connectivity index (χ1) is 4.83. The first kappa shape index (κ1) is 7.08. The number of aliphatic hydroxyl groups excluding tert-OH is 1. The van der Waals surface area contributed by atoms with Gasteiger partial charge in [0.25, 0.3) is 0 Å². The Balaban J connectivity index is 2.69. The van der Waals surface area contributed by atoms with Gasteiger partial charge in [-0.05, 0) is 6.08 Å². The van der Waals surface area contributed by atoms with Crippen molar-refractivity contribution in [1.29, 1.82) is 0 Å². The van der Waals surface area contributed by atoms with Gasteiger partial charge in [0.1, 0.15) is 0 Å². The van der Waals surface area contributed by atoms with Crippen molar-refractivity contribution < 1.29 is 9.90 Å². The van der Waals surface area contributed by atoms with E-state index in [0.717, 1.165) is 0 Å². The minimum atomic E-state index is -0.866. The molecule has 1 unspecified atom stereocenters. The summed E-state index contributed by atoms with van der Waals surface area (Å²) >= 11 is 0. The van der Waals surface area contributed by atoms with Crippen LogP contribution >= 0.6 is 0 Å². The van der Waals surface area contributed by atoms with Crippen molar-refractivity contribution in [3.63, 3.8) is 0 Å². The summed E-state index contributed by atoms with van der Waals surface area (Å²) in [6.07, 6.45) is 4.05. The summed E-state index contributed by atoms with van der Waals surface area (Å²) in [5, 5.41) is 15.7. The standard InChI is InChI=1S/C6H8N2O2/c9-4-2-6(5-10)1-3-7-8-6/h1,3,5,9H,2,4H2. The largest absolute Gasteiger partial charge is 0.396 e. The van der Waals surface area contributed by atoms with E-state index < -0.39 is 5.54 Å². The van der Waals surface area contributed by atoms with E-state index in [1.807, 2.05) is 0 Å². The summed E-state index contributed by atoms with van der Waals surface area (Å²) in [6, 6.07) is 0. The number of nitrogens with zero attached hydrogens (tertiary/aromatic N) is 2. The second-order valence-electron chi connectivity index (χ2n) is 2.11. The van der Waals surface area contributed by atoms with E-state index in [-0.39, 0.29) is 6.61 Å². The Morgan fingerprint density at radius 2 is 2.50 bits per heavy atom. The minimum absolute atomic E-state index is 0.0535. The number of aldehydes is 1. The summed E-state index contributed by atoms with van der Waals surface area (Å²) in [4.78, 5) is 10.4. The molecule has 0 spiro atoms. The Hall–Kier alpha value is -1.03. The van der Waals surface area contributed by atoms with Gasteiger partial charge in [-0.2, -0.15) is 10.2 Å². The van der Waals surface area contributed by atoms with Gasteiger partial charge in [-0.25, -0.2) is 0 Å². The predicted octanol–water partition coefficient (Wildman–Crippen LogP) is 0.286. The van der Waals surface area contributed by atoms with Crippen molar-refractivity contribution in [2.75, 3.05) is 6.61 Å². The quantitative estimate of drug-likeness (QED) is 0.572. The molecule has 0 aromatic heterocycles. The molecule has 0 amide bonds. The average molecular weight is 140 g/mol. The Kier molecular flexibility index (Phi) is 1.91. The van der Waals surface area contributed by atoms with Gasteiger partial charge < -0.3 is 9.90 Å². The van der Waals surface area contributed by atoms with Crippen molar-refractivity contribution in [3.05, 3.63) is 12.3 Å². The van der Waals surface area contributed by atoms with Gasteiger partial charge in [-0.15, -0.1) is 0 Å². The van der Waals surface area contributed by atoms with Gasteiger partial charge in [-0.3, -0.25) is 0 Å². The fourth-order valence-corrected chi connectivity index (χ4v) is 0.771. The molecule has 0 aromatic carbocycles. The van der Waals surface area contributed by atoms with Crippen LogP contribution in [0.1, 0.15) is 6.42 Å². The number of aliphatic hydroxyl groups is 1. The highest BCUT2D eigenvalue weighted by atomic mass is 16.3. The fourth-order valence-electron chi connectivity index (χ4n) is 0.771. The van der Waals surface area contributed by atoms with Crippen molar-refractivity contribution in [3.8, 4) is 0 Å². The molecule has 0 aromatic rings. The molecular formula is C6H8N2O2. The van der Waals surface area contributed by atoms with Crippen LogP contribution in [-0.4, -0.2) is 23.5 Å². The third kappa shape index (κ3) is 1.11. The van der Waals surface area contributed by atoms with Crippen LogP contribution in [0, 0.1) is 0 Å². The molecule has 1 aliphatic heterocycles. The Morgan fingerprint density at radius 1 is 1.70 bits per heavy atom. The molecule has 1 aliphatic rings. The summed E-state index contributed by atoms with van der Waals surface area (Å²) < 4.78 is 0. The highest BCUT2D eigenvalue weighted by molar-refractivity contribution is 5.68. The second kappa shape index (κ2) is 2.70. The van der Waals surface area contributed by atoms with E-state index >= 15 is 0 Å². The van der Waals surface area contributed by atoms with E-state index in [4.69, 9.17) is 5.11 Å². The molecule has 0 radical (unpaired) electrons. The van der Waals surface area contributed by atoms with Gasteiger partial charge >= 0.3 is 0 Å². The first-order valence-corrected chi connectivity index (χ1v) is 3.00. The monoisotopic (exact) mass is 140 g/mol. The molecule has 0 bridgehead atoms. The van der Waals surface area contributed by atoms with Gasteiger partial charge in [0, 0.05) is 19.2 Å². The molecule has 54 valence electrons. The van der Waals surface area contributed by atoms with E-state index in [1.54, 1.807) is 6.08 Å². The normalized spacial score (nSPS) is 29.3. The lowest BCUT2D eigenvalue weighted by Gasteiger charge is -2.11.